The van der Waals surface area contributed by atoms with Crippen molar-refractivity contribution in [3.05, 3.63) is 0 Å². The van der Waals surface area contributed by atoms with Crippen LogP contribution in [0.1, 0.15) is 19.8 Å². The molecule has 0 radical (unpaired) electrons. The van der Waals surface area contributed by atoms with Crippen molar-refractivity contribution in [1.29, 1.82) is 0 Å². The predicted octanol–water partition coefficient (Wildman–Crippen LogP) is 1.01. The molecule has 1 heterocycles. The van der Waals surface area contributed by atoms with Gasteiger partial charge in [-0.2, -0.15) is 0 Å². The van der Waals surface area contributed by atoms with Gasteiger partial charge in [0.25, 0.3) is 0 Å². The fourth-order valence-electron chi connectivity index (χ4n) is 1.06. The van der Waals surface area contributed by atoms with Crippen molar-refractivity contribution in [2.75, 3.05) is 12.4 Å². The lowest BCUT2D eigenvalue weighted by atomic mass is 10.2. The Morgan fingerprint density at radius 2 is 2.50 bits per heavy atom. The zero-order chi connectivity index (χ0) is 8.97. The molecule has 0 N–H and O–H groups in total. The van der Waals surface area contributed by atoms with Crippen LogP contribution in [-0.2, 0) is 14.3 Å². The smallest absolute Gasteiger partial charge is 0.319 e. The molecule has 1 fully saturated rings. The minimum absolute atomic E-state index is 0.109. The first-order chi connectivity index (χ1) is 5.74. The van der Waals surface area contributed by atoms with E-state index < -0.39 is 0 Å². The molecule has 1 rings (SSSR count). The topological polar surface area (TPSA) is 43.4 Å². The second-order valence-electron chi connectivity index (χ2n) is 2.63. The van der Waals surface area contributed by atoms with Gasteiger partial charge in [-0.25, -0.2) is 0 Å². The Morgan fingerprint density at radius 1 is 1.75 bits per heavy atom. The minimum atomic E-state index is -0.171. The van der Waals surface area contributed by atoms with Crippen LogP contribution in [0, 0.1) is 0 Å². The van der Waals surface area contributed by atoms with Crippen LogP contribution in [0.2, 0.25) is 0 Å². The van der Waals surface area contributed by atoms with Crippen molar-refractivity contribution in [1.82, 2.24) is 0 Å². The highest BCUT2D eigenvalue weighted by Gasteiger charge is 2.26. The second kappa shape index (κ2) is 4.50. The molecule has 0 spiro atoms. The summed E-state index contributed by atoms with van der Waals surface area (Å²) in [6, 6.07) is 0. The fraction of sp³-hybridized carbons (Fsp3) is 0.750. The van der Waals surface area contributed by atoms with E-state index >= 15 is 0 Å². The van der Waals surface area contributed by atoms with Crippen LogP contribution in [-0.4, -0.2) is 29.4 Å². The summed E-state index contributed by atoms with van der Waals surface area (Å²) >= 11 is 1.40. The van der Waals surface area contributed by atoms with E-state index in [1.807, 2.05) is 0 Å². The molecule has 1 aliphatic heterocycles. The molecule has 0 bridgehead atoms. The maximum atomic E-state index is 11.2. The molecule has 1 aliphatic rings. The summed E-state index contributed by atoms with van der Waals surface area (Å²) in [5, 5.41) is -0.109. The highest BCUT2D eigenvalue weighted by molar-refractivity contribution is 8.01. The number of carbonyl (C=O) groups is 2. The van der Waals surface area contributed by atoms with Gasteiger partial charge in [-0.05, 0) is 13.3 Å². The summed E-state index contributed by atoms with van der Waals surface area (Å²) in [5.74, 6) is 0.527. The lowest BCUT2D eigenvalue weighted by Gasteiger charge is -2.18. The van der Waals surface area contributed by atoms with Crippen LogP contribution >= 0.6 is 11.8 Å². The normalized spacial score (nSPS) is 23.8. The maximum Gasteiger partial charge on any atom is 0.319 e. The van der Waals surface area contributed by atoms with Crippen LogP contribution in [0.15, 0.2) is 0 Å². The Hall–Kier alpha value is -0.510. The maximum absolute atomic E-state index is 11.2. The van der Waals surface area contributed by atoms with Gasteiger partial charge in [0, 0.05) is 6.42 Å². The number of hydrogen-bond acceptors (Lipinski definition) is 4. The summed E-state index contributed by atoms with van der Waals surface area (Å²) in [4.78, 5) is 22.0. The third-order valence-corrected chi connectivity index (χ3v) is 3.00. The van der Waals surface area contributed by atoms with Crippen LogP contribution in [0.5, 0.6) is 0 Å². The van der Waals surface area contributed by atoms with E-state index in [4.69, 9.17) is 4.74 Å². The fourth-order valence-corrected chi connectivity index (χ4v) is 2.08. The lowest BCUT2D eigenvalue weighted by Crippen LogP contribution is -2.26. The van der Waals surface area contributed by atoms with Gasteiger partial charge in [-0.1, -0.05) is 0 Å². The van der Waals surface area contributed by atoms with E-state index in [-0.39, 0.29) is 17.0 Å². The van der Waals surface area contributed by atoms with Gasteiger partial charge in [0.05, 0.1) is 12.4 Å². The van der Waals surface area contributed by atoms with E-state index in [0.717, 1.165) is 0 Å². The molecule has 0 aromatic rings. The number of Topliss-reactive ketones (excluding diaryl/α,β-unsaturated/α-hetero) is 1. The van der Waals surface area contributed by atoms with Gasteiger partial charge >= 0.3 is 5.97 Å². The van der Waals surface area contributed by atoms with E-state index in [9.17, 15) is 9.59 Å². The molecule has 12 heavy (non-hydrogen) atoms. The highest BCUT2D eigenvalue weighted by Crippen LogP contribution is 2.23. The minimum Gasteiger partial charge on any atom is -0.465 e. The Morgan fingerprint density at radius 3 is 3.00 bits per heavy atom. The van der Waals surface area contributed by atoms with Crippen molar-refractivity contribution in [3.63, 3.8) is 0 Å². The van der Waals surface area contributed by atoms with Gasteiger partial charge < -0.3 is 4.74 Å². The summed E-state index contributed by atoms with van der Waals surface area (Å²) in [7, 11) is 0. The van der Waals surface area contributed by atoms with Crippen molar-refractivity contribution < 1.29 is 14.3 Å². The van der Waals surface area contributed by atoms with Crippen molar-refractivity contribution in [2.45, 2.75) is 25.0 Å². The van der Waals surface area contributed by atoms with E-state index in [2.05, 4.69) is 0 Å². The summed E-state index contributed by atoms with van der Waals surface area (Å²) in [6.45, 7) is 2.21. The van der Waals surface area contributed by atoms with Gasteiger partial charge in [0.2, 0.25) is 0 Å². The number of hydrogen-bond donors (Lipinski definition) is 0. The molecule has 68 valence electrons. The standard InChI is InChI=1S/C8H12O3S/c1-2-11-8(10)7-4-3-6(9)5-12-7/h7H,2-5H2,1H3/t7-/m1/s1. The first-order valence-corrected chi connectivity index (χ1v) is 5.09. The highest BCUT2D eigenvalue weighted by atomic mass is 32.2. The Bertz CT molecular complexity index is 181. The van der Waals surface area contributed by atoms with Gasteiger partial charge in [-0.15, -0.1) is 11.8 Å². The molecule has 0 aromatic carbocycles. The molecule has 0 aromatic heterocycles. The predicted molar refractivity (Wildman–Crippen MR) is 47.1 cm³/mol. The molecular weight excluding hydrogens is 176 g/mol. The molecule has 0 aliphatic carbocycles. The number of carbonyl (C=O) groups excluding carboxylic acids is 2. The Balaban J connectivity index is 2.33. The Kier molecular flexibility index (Phi) is 3.59. The average molecular weight is 188 g/mol. The summed E-state index contributed by atoms with van der Waals surface area (Å²) in [6.07, 6.45) is 1.17. The quantitative estimate of drug-likeness (QED) is 0.607. The first kappa shape index (κ1) is 9.58. The SMILES string of the molecule is CCOC(=O)[C@H]1CCC(=O)CS1. The average Bonchev–Trinajstić information content (AvgIpc) is 2.06. The number of esters is 1. The van der Waals surface area contributed by atoms with Crippen LogP contribution in [0.4, 0.5) is 0 Å². The monoisotopic (exact) mass is 188 g/mol. The Labute approximate surface area is 75.8 Å². The molecule has 4 heteroatoms. The third-order valence-electron chi connectivity index (χ3n) is 1.68. The largest absolute Gasteiger partial charge is 0.465 e. The molecule has 1 saturated heterocycles. The molecule has 0 unspecified atom stereocenters. The molecule has 1 atom stereocenters. The van der Waals surface area contributed by atoms with Crippen LogP contribution in [0.25, 0.3) is 0 Å². The van der Waals surface area contributed by atoms with Gasteiger partial charge in [0.15, 0.2) is 0 Å². The molecule has 0 amide bonds. The van der Waals surface area contributed by atoms with Crippen LogP contribution in [0.3, 0.4) is 0 Å². The van der Waals surface area contributed by atoms with Crippen molar-refractivity contribution in [2.24, 2.45) is 0 Å². The molecular formula is C8H12O3S. The number of thioether (sulfide) groups is 1. The summed E-state index contributed by atoms with van der Waals surface area (Å²) < 4.78 is 4.85. The number of ether oxygens (including phenoxy) is 1. The van der Waals surface area contributed by atoms with E-state index in [0.29, 0.717) is 25.2 Å². The third kappa shape index (κ3) is 2.52. The second-order valence-corrected chi connectivity index (χ2v) is 3.82. The van der Waals surface area contributed by atoms with Crippen LogP contribution < -0.4 is 0 Å². The zero-order valence-corrected chi connectivity index (χ0v) is 7.86. The van der Waals surface area contributed by atoms with E-state index in [1.165, 1.54) is 11.8 Å². The van der Waals surface area contributed by atoms with E-state index in [1.54, 1.807) is 6.92 Å². The van der Waals surface area contributed by atoms with Gasteiger partial charge in [0.1, 0.15) is 11.0 Å². The molecule has 3 nitrogen and oxygen atoms in total. The van der Waals surface area contributed by atoms with Gasteiger partial charge in [-0.3, -0.25) is 9.59 Å². The molecule has 0 saturated carbocycles. The zero-order valence-electron chi connectivity index (χ0n) is 7.04. The summed E-state index contributed by atoms with van der Waals surface area (Å²) in [5.41, 5.74) is 0. The number of rotatable bonds is 2. The number of ketones is 1. The van der Waals surface area contributed by atoms with Crippen molar-refractivity contribution >= 4 is 23.5 Å². The first-order valence-electron chi connectivity index (χ1n) is 4.04. The van der Waals surface area contributed by atoms with Crippen molar-refractivity contribution in [3.8, 4) is 0 Å². The lowest BCUT2D eigenvalue weighted by molar-refractivity contribution is -0.142.